The highest BCUT2D eigenvalue weighted by Crippen LogP contribution is 2.26. The van der Waals surface area contributed by atoms with Crippen LogP contribution < -0.4 is 10.6 Å². The minimum absolute atomic E-state index is 0.0427. The molecule has 2 rings (SSSR count). The zero-order valence-electron chi connectivity index (χ0n) is 15.2. The number of amides is 2. The molecule has 2 amide bonds. The monoisotopic (exact) mass is 394 g/mol. The maximum atomic E-state index is 12.6. The first kappa shape index (κ1) is 20.3. The van der Waals surface area contributed by atoms with Crippen LogP contribution in [0.25, 0.3) is 10.6 Å². The molecule has 0 spiro atoms. The van der Waals surface area contributed by atoms with Crippen LogP contribution in [-0.2, 0) is 9.59 Å². The number of nitrogens with zero attached hydrogens (tertiary/aromatic N) is 2. The molecule has 2 N–H and O–H groups in total. The fraction of sp³-hybridized carbons (Fsp3) is 0.444. The average molecular weight is 395 g/mol. The van der Waals surface area contributed by atoms with E-state index in [4.69, 9.17) is 11.6 Å². The summed E-state index contributed by atoms with van der Waals surface area (Å²) in [6, 6.07) is 7.24. The Morgan fingerprint density at radius 3 is 2.38 bits per heavy atom. The molecular weight excluding hydrogens is 372 g/mol. The topological polar surface area (TPSA) is 84.0 Å². The number of aromatic nitrogens is 2. The maximum absolute atomic E-state index is 12.6. The molecule has 0 saturated heterocycles. The number of nitrogens with one attached hydrogen (secondary N) is 2. The SMILES string of the molecule is CC[C@H](C)[C@@H](NC(=O)[C@@H](C)Cl)C(=O)Nc1nnc(-c2ccc(C)cc2)s1. The van der Waals surface area contributed by atoms with Crippen LogP contribution in [0.2, 0.25) is 0 Å². The highest BCUT2D eigenvalue weighted by Gasteiger charge is 2.28. The number of carbonyl (C=O) groups is 2. The summed E-state index contributed by atoms with van der Waals surface area (Å²) in [5, 5.41) is 14.0. The first-order valence-electron chi connectivity index (χ1n) is 8.47. The molecule has 3 atom stereocenters. The summed E-state index contributed by atoms with van der Waals surface area (Å²) >= 11 is 7.09. The lowest BCUT2D eigenvalue weighted by Crippen LogP contribution is -2.49. The van der Waals surface area contributed by atoms with Gasteiger partial charge in [0, 0.05) is 5.56 Å². The molecule has 8 heteroatoms. The van der Waals surface area contributed by atoms with Gasteiger partial charge in [-0.2, -0.15) is 0 Å². The summed E-state index contributed by atoms with van der Waals surface area (Å²) < 4.78 is 0. The zero-order valence-corrected chi connectivity index (χ0v) is 16.8. The van der Waals surface area contributed by atoms with Gasteiger partial charge in [-0.1, -0.05) is 61.4 Å². The van der Waals surface area contributed by atoms with E-state index in [0.29, 0.717) is 5.13 Å². The first-order valence-corrected chi connectivity index (χ1v) is 9.73. The van der Waals surface area contributed by atoms with E-state index < -0.39 is 11.4 Å². The lowest BCUT2D eigenvalue weighted by molar-refractivity contribution is -0.127. The average Bonchev–Trinajstić information content (AvgIpc) is 3.07. The summed E-state index contributed by atoms with van der Waals surface area (Å²) in [5.74, 6) is -0.736. The Morgan fingerprint density at radius 2 is 1.81 bits per heavy atom. The van der Waals surface area contributed by atoms with Gasteiger partial charge in [-0.3, -0.25) is 14.9 Å². The third kappa shape index (κ3) is 5.25. The minimum atomic E-state index is -0.705. The molecule has 6 nitrogen and oxygen atoms in total. The number of alkyl halides is 1. The Balaban J connectivity index is 2.11. The number of benzene rings is 1. The van der Waals surface area contributed by atoms with Crippen molar-refractivity contribution >= 4 is 39.9 Å². The van der Waals surface area contributed by atoms with Gasteiger partial charge >= 0.3 is 0 Å². The normalized spacial score (nSPS) is 14.3. The summed E-state index contributed by atoms with van der Waals surface area (Å²) in [5.41, 5.74) is 2.10. The van der Waals surface area contributed by atoms with Crippen molar-refractivity contribution in [2.24, 2.45) is 5.92 Å². The van der Waals surface area contributed by atoms with Crippen LogP contribution in [0.3, 0.4) is 0 Å². The predicted octanol–water partition coefficient (Wildman–Crippen LogP) is 3.61. The van der Waals surface area contributed by atoms with Crippen LogP contribution >= 0.6 is 22.9 Å². The van der Waals surface area contributed by atoms with Gasteiger partial charge < -0.3 is 5.32 Å². The lowest BCUT2D eigenvalue weighted by atomic mass is 9.98. The standard InChI is InChI=1S/C18H23ClN4O2S/c1-5-11(3)14(20-15(24)12(4)19)16(25)21-18-23-22-17(26-18)13-8-6-10(2)7-9-13/h6-9,11-12,14H,5H2,1-4H3,(H,20,24)(H,21,23,25)/t11-,12+,14+/m0/s1. The maximum Gasteiger partial charge on any atom is 0.249 e. The van der Waals surface area contributed by atoms with E-state index in [-0.39, 0.29) is 17.7 Å². The molecule has 0 aliphatic heterocycles. The quantitative estimate of drug-likeness (QED) is 0.702. The second-order valence-electron chi connectivity index (χ2n) is 6.26. The van der Waals surface area contributed by atoms with Gasteiger partial charge in [0.1, 0.15) is 16.4 Å². The molecule has 0 unspecified atom stereocenters. The predicted molar refractivity (Wildman–Crippen MR) is 105 cm³/mol. The summed E-state index contributed by atoms with van der Waals surface area (Å²) in [7, 11) is 0. The number of carbonyl (C=O) groups excluding carboxylic acids is 2. The van der Waals surface area contributed by atoms with E-state index in [0.717, 1.165) is 22.6 Å². The van der Waals surface area contributed by atoms with Crippen LogP contribution in [0.1, 0.15) is 32.8 Å². The molecule has 0 aliphatic rings. The molecule has 1 aromatic carbocycles. The summed E-state index contributed by atoms with van der Waals surface area (Å²) in [6.07, 6.45) is 0.736. The Bertz CT molecular complexity index is 761. The molecule has 1 aromatic heterocycles. The van der Waals surface area contributed by atoms with E-state index in [1.165, 1.54) is 11.3 Å². The van der Waals surface area contributed by atoms with Crippen molar-refractivity contribution in [1.82, 2.24) is 15.5 Å². The van der Waals surface area contributed by atoms with Crippen LogP contribution in [0.5, 0.6) is 0 Å². The molecule has 1 heterocycles. The van der Waals surface area contributed by atoms with Crippen molar-refractivity contribution in [1.29, 1.82) is 0 Å². The Morgan fingerprint density at radius 1 is 1.15 bits per heavy atom. The Hall–Kier alpha value is -1.99. The van der Waals surface area contributed by atoms with Crippen molar-refractivity contribution in [2.75, 3.05) is 5.32 Å². The molecule has 0 saturated carbocycles. The van der Waals surface area contributed by atoms with Gasteiger partial charge in [0.25, 0.3) is 0 Å². The number of hydrogen-bond donors (Lipinski definition) is 2. The van der Waals surface area contributed by atoms with E-state index >= 15 is 0 Å². The highest BCUT2D eigenvalue weighted by molar-refractivity contribution is 7.18. The van der Waals surface area contributed by atoms with Gasteiger partial charge in [-0.05, 0) is 19.8 Å². The third-order valence-corrected chi connectivity index (χ3v) is 5.19. The largest absolute Gasteiger partial charge is 0.343 e. The van der Waals surface area contributed by atoms with Crippen molar-refractivity contribution in [2.45, 2.75) is 45.5 Å². The fourth-order valence-electron chi connectivity index (χ4n) is 2.24. The van der Waals surface area contributed by atoms with Crippen LogP contribution in [0, 0.1) is 12.8 Å². The first-order chi connectivity index (χ1) is 12.3. The van der Waals surface area contributed by atoms with Gasteiger partial charge in [-0.25, -0.2) is 0 Å². The number of halogens is 1. The van der Waals surface area contributed by atoms with Gasteiger partial charge in [0.2, 0.25) is 16.9 Å². The van der Waals surface area contributed by atoms with Crippen molar-refractivity contribution < 1.29 is 9.59 Å². The molecular formula is C18H23ClN4O2S. The van der Waals surface area contributed by atoms with Crippen LogP contribution in [0.15, 0.2) is 24.3 Å². The smallest absolute Gasteiger partial charge is 0.249 e. The molecule has 140 valence electrons. The number of aryl methyl sites for hydroxylation is 1. The molecule has 0 bridgehead atoms. The highest BCUT2D eigenvalue weighted by atomic mass is 35.5. The molecule has 2 aromatic rings. The van der Waals surface area contributed by atoms with E-state index in [1.807, 2.05) is 45.0 Å². The van der Waals surface area contributed by atoms with Gasteiger partial charge in [0.15, 0.2) is 0 Å². The molecule has 0 aliphatic carbocycles. The minimum Gasteiger partial charge on any atom is -0.343 e. The Labute approximate surface area is 162 Å². The molecule has 26 heavy (non-hydrogen) atoms. The number of hydrogen-bond acceptors (Lipinski definition) is 5. The van der Waals surface area contributed by atoms with E-state index in [9.17, 15) is 9.59 Å². The lowest BCUT2D eigenvalue weighted by Gasteiger charge is -2.23. The summed E-state index contributed by atoms with van der Waals surface area (Å²) in [6.45, 7) is 7.45. The summed E-state index contributed by atoms with van der Waals surface area (Å²) in [4.78, 5) is 24.5. The van der Waals surface area contributed by atoms with Crippen LogP contribution in [-0.4, -0.2) is 33.4 Å². The fourth-order valence-corrected chi connectivity index (χ4v) is 3.05. The second kappa shape index (κ2) is 9.09. The van der Waals surface area contributed by atoms with Crippen molar-refractivity contribution in [3.63, 3.8) is 0 Å². The molecule has 0 radical (unpaired) electrons. The number of anilines is 1. The van der Waals surface area contributed by atoms with Crippen LogP contribution in [0.4, 0.5) is 5.13 Å². The van der Waals surface area contributed by atoms with E-state index in [2.05, 4.69) is 20.8 Å². The van der Waals surface area contributed by atoms with Crippen molar-refractivity contribution in [3.05, 3.63) is 29.8 Å². The number of rotatable bonds is 7. The zero-order chi connectivity index (χ0) is 19.3. The molecule has 0 fully saturated rings. The second-order valence-corrected chi connectivity index (χ2v) is 7.89. The third-order valence-electron chi connectivity index (χ3n) is 4.11. The van der Waals surface area contributed by atoms with Gasteiger partial charge in [0.05, 0.1) is 0 Å². The van der Waals surface area contributed by atoms with Gasteiger partial charge in [-0.15, -0.1) is 21.8 Å². The van der Waals surface area contributed by atoms with Crippen molar-refractivity contribution in [3.8, 4) is 10.6 Å². The Kier molecular flexibility index (Phi) is 7.11. The van der Waals surface area contributed by atoms with E-state index in [1.54, 1.807) is 6.92 Å².